The number of carbonyl (C=O) groups excluding carboxylic acids is 1. The van der Waals surface area contributed by atoms with Crippen LogP contribution < -0.4 is 10.0 Å². The maximum atomic E-state index is 12.3. The number of nitriles is 1. The summed E-state index contributed by atoms with van der Waals surface area (Å²) in [5, 5.41) is 11.1. The Morgan fingerprint density at radius 3 is 2.79 bits per heavy atom. The first kappa shape index (κ1) is 17.6. The molecule has 24 heavy (non-hydrogen) atoms. The minimum atomic E-state index is -3.77. The standard InChI is InChI=1S/C16H16N4O3S/c1-12-5-3-9-18-15(12)20-16(21)13-6-2-7-14(11-13)24(22,23)19-10-4-8-17/h2-3,5-7,9,11,19H,4,10H2,1H3,(H,18,20,21). The molecule has 1 heterocycles. The Kier molecular flexibility index (Phi) is 5.63. The summed E-state index contributed by atoms with van der Waals surface area (Å²) in [7, 11) is -3.77. The summed E-state index contributed by atoms with van der Waals surface area (Å²) in [4.78, 5) is 16.3. The van der Waals surface area contributed by atoms with Gasteiger partial charge in [-0.1, -0.05) is 12.1 Å². The summed E-state index contributed by atoms with van der Waals surface area (Å²) in [6, 6.07) is 11.1. The van der Waals surface area contributed by atoms with Gasteiger partial charge in [0.25, 0.3) is 5.91 Å². The second-order valence-electron chi connectivity index (χ2n) is 4.96. The van der Waals surface area contributed by atoms with Crippen LogP contribution in [0.25, 0.3) is 0 Å². The number of nitrogens with one attached hydrogen (secondary N) is 2. The van der Waals surface area contributed by atoms with Gasteiger partial charge in [-0.25, -0.2) is 18.1 Å². The van der Waals surface area contributed by atoms with Gasteiger partial charge in [0, 0.05) is 24.7 Å². The number of hydrogen-bond acceptors (Lipinski definition) is 5. The first-order chi connectivity index (χ1) is 11.4. The molecule has 2 aromatic rings. The molecule has 0 aliphatic rings. The van der Waals surface area contributed by atoms with Crippen LogP contribution in [0.4, 0.5) is 5.82 Å². The Morgan fingerprint density at radius 2 is 2.08 bits per heavy atom. The monoisotopic (exact) mass is 344 g/mol. The average molecular weight is 344 g/mol. The zero-order chi connectivity index (χ0) is 17.6. The summed E-state index contributed by atoms with van der Waals surface area (Å²) in [5.41, 5.74) is 0.996. The minimum Gasteiger partial charge on any atom is -0.306 e. The molecule has 0 aliphatic heterocycles. The van der Waals surface area contributed by atoms with Crippen LogP contribution in [0.5, 0.6) is 0 Å². The Bertz CT molecular complexity index is 888. The van der Waals surface area contributed by atoms with Gasteiger partial charge in [0.15, 0.2) is 0 Å². The van der Waals surface area contributed by atoms with Crippen molar-refractivity contribution in [1.82, 2.24) is 9.71 Å². The van der Waals surface area contributed by atoms with Gasteiger partial charge in [-0.05, 0) is 36.8 Å². The number of pyridine rings is 1. The zero-order valence-corrected chi connectivity index (χ0v) is 13.8. The molecule has 0 unspecified atom stereocenters. The van der Waals surface area contributed by atoms with E-state index in [0.29, 0.717) is 5.82 Å². The molecule has 0 bridgehead atoms. The number of benzene rings is 1. The number of aryl methyl sites for hydroxylation is 1. The maximum absolute atomic E-state index is 12.3. The van der Waals surface area contributed by atoms with Gasteiger partial charge in [0.05, 0.1) is 11.0 Å². The number of anilines is 1. The number of amides is 1. The molecule has 1 aromatic heterocycles. The van der Waals surface area contributed by atoms with Gasteiger partial charge in [0.1, 0.15) is 5.82 Å². The number of nitrogens with zero attached hydrogens (tertiary/aromatic N) is 2. The van der Waals surface area contributed by atoms with E-state index < -0.39 is 15.9 Å². The summed E-state index contributed by atoms with van der Waals surface area (Å²) in [5.74, 6) is -0.0335. The lowest BCUT2D eigenvalue weighted by Crippen LogP contribution is -2.25. The Labute approximate surface area is 140 Å². The molecule has 0 aliphatic carbocycles. The molecular formula is C16H16N4O3S. The van der Waals surface area contributed by atoms with Crippen LogP contribution in [0.1, 0.15) is 22.3 Å². The fourth-order valence-corrected chi connectivity index (χ4v) is 3.00. The van der Waals surface area contributed by atoms with E-state index in [4.69, 9.17) is 5.26 Å². The largest absolute Gasteiger partial charge is 0.306 e. The number of rotatable bonds is 6. The van der Waals surface area contributed by atoms with Crippen LogP contribution in [-0.4, -0.2) is 25.9 Å². The fraction of sp³-hybridized carbons (Fsp3) is 0.188. The van der Waals surface area contributed by atoms with Crippen molar-refractivity contribution in [3.05, 3.63) is 53.7 Å². The van der Waals surface area contributed by atoms with Gasteiger partial charge in [-0.3, -0.25) is 4.79 Å². The van der Waals surface area contributed by atoms with Crippen molar-refractivity contribution in [3.8, 4) is 6.07 Å². The summed E-state index contributed by atoms with van der Waals surface area (Å²) >= 11 is 0. The van der Waals surface area contributed by atoms with Gasteiger partial charge < -0.3 is 5.32 Å². The fourth-order valence-electron chi connectivity index (χ4n) is 1.93. The van der Waals surface area contributed by atoms with Crippen molar-refractivity contribution in [3.63, 3.8) is 0 Å². The third-order valence-corrected chi connectivity index (χ3v) is 4.64. The lowest BCUT2D eigenvalue weighted by atomic mass is 10.2. The third-order valence-electron chi connectivity index (χ3n) is 3.18. The quantitative estimate of drug-likeness (QED) is 0.777. The molecule has 0 fully saturated rings. The highest BCUT2D eigenvalue weighted by molar-refractivity contribution is 7.89. The van der Waals surface area contributed by atoms with Crippen LogP contribution >= 0.6 is 0 Å². The molecule has 1 aromatic carbocycles. The predicted octanol–water partition coefficient (Wildman–Crippen LogP) is 1.83. The van der Waals surface area contributed by atoms with E-state index >= 15 is 0 Å². The van der Waals surface area contributed by atoms with Gasteiger partial charge in [0.2, 0.25) is 10.0 Å². The van der Waals surface area contributed by atoms with Crippen molar-refractivity contribution in [2.75, 3.05) is 11.9 Å². The third kappa shape index (κ3) is 4.38. The molecule has 0 saturated carbocycles. The van der Waals surface area contributed by atoms with E-state index in [-0.39, 0.29) is 23.4 Å². The topological polar surface area (TPSA) is 112 Å². The highest BCUT2D eigenvalue weighted by atomic mass is 32.2. The van der Waals surface area contributed by atoms with Crippen molar-refractivity contribution in [1.29, 1.82) is 5.26 Å². The summed E-state index contributed by atoms with van der Waals surface area (Å²) < 4.78 is 26.6. The first-order valence-corrected chi connectivity index (χ1v) is 8.62. The minimum absolute atomic E-state index is 0.0163. The number of carbonyl (C=O) groups is 1. The normalized spacial score (nSPS) is 10.8. The van der Waals surface area contributed by atoms with Crippen molar-refractivity contribution in [2.24, 2.45) is 0 Å². The van der Waals surface area contributed by atoms with E-state index in [0.717, 1.165) is 5.56 Å². The van der Waals surface area contributed by atoms with Crippen LogP contribution in [-0.2, 0) is 10.0 Å². The van der Waals surface area contributed by atoms with Crippen LogP contribution in [0.2, 0.25) is 0 Å². The predicted molar refractivity (Wildman–Crippen MR) is 88.8 cm³/mol. The van der Waals surface area contributed by atoms with E-state index in [2.05, 4.69) is 15.0 Å². The van der Waals surface area contributed by atoms with Gasteiger partial charge in [-0.2, -0.15) is 5.26 Å². The second-order valence-corrected chi connectivity index (χ2v) is 6.72. The molecule has 7 nitrogen and oxygen atoms in total. The molecule has 0 atom stereocenters. The average Bonchev–Trinajstić information content (AvgIpc) is 2.57. The van der Waals surface area contributed by atoms with E-state index in [9.17, 15) is 13.2 Å². The van der Waals surface area contributed by atoms with E-state index in [1.807, 2.05) is 19.1 Å². The number of sulfonamides is 1. The highest BCUT2D eigenvalue weighted by Crippen LogP contribution is 2.15. The molecule has 2 N–H and O–H groups in total. The zero-order valence-electron chi connectivity index (χ0n) is 13.0. The summed E-state index contributed by atoms with van der Waals surface area (Å²) in [6.07, 6.45) is 1.63. The van der Waals surface area contributed by atoms with Gasteiger partial charge in [-0.15, -0.1) is 0 Å². The lowest BCUT2D eigenvalue weighted by Gasteiger charge is -2.09. The number of aromatic nitrogens is 1. The highest BCUT2D eigenvalue weighted by Gasteiger charge is 2.16. The lowest BCUT2D eigenvalue weighted by molar-refractivity contribution is 0.102. The van der Waals surface area contributed by atoms with Crippen LogP contribution in [0.3, 0.4) is 0 Å². The van der Waals surface area contributed by atoms with Crippen LogP contribution in [0, 0.1) is 18.3 Å². The number of hydrogen-bond donors (Lipinski definition) is 2. The SMILES string of the molecule is Cc1cccnc1NC(=O)c1cccc(S(=O)(=O)NCCC#N)c1. The Balaban J connectivity index is 2.19. The molecule has 0 spiro atoms. The molecule has 2 rings (SSSR count). The Hall–Kier alpha value is -2.76. The molecular weight excluding hydrogens is 328 g/mol. The molecule has 1 amide bonds. The van der Waals surface area contributed by atoms with E-state index in [1.54, 1.807) is 12.3 Å². The van der Waals surface area contributed by atoms with Crippen molar-refractivity contribution < 1.29 is 13.2 Å². The second kappa shape index (κ2) is 7.68. The first-order valence-electron chi connectivity index (χ1n) is 7.13. The molecule has 0 saturated heterocycles. The molecule has 8 heteroatoms. The molecule has 124 valence electrons. The maximum Gasteiger partial charge on any atom is 0.256 e. The Morgan fingerprint density at radius 1 is 1.29 bits per heavy atom. The van der Waals surface area contributed by atoms with E-state index in [1.165, 1.54) is 24.3 Å². The van der Waals surface area contributed by atoms with Crippen molar-refractivity contribution in [2.45, 2.75) is 18.2 Å². The molecule has 0 radical (unpaired) electrons. The van der Waals surface area contributed by atoms with Gasteiger partial charge >= 0.3 is 0 Å². The smallest absolute Gasteiger partial charge is 0.256 e. The van der Waals surface area contributed by atoms with Crippen molar-refractivity contribution >= 4 is 21.7 Å². The summed E-state index contributed by atoms with van der Waals surface area (Å²) in [6.45, 7) is 1.82. The van der Waals surface area contributed by atoms with Crippen LogP contribution in [0.15, 0.2) is 47.5 Å².